The molecule has 0 aliphatic carbocycles. The van der Waals surface area contributed by atoms with Gasteiger partial charge in [-0.1, -0.05) is 52.5 Å². The summed E-state index contributed by atoms with van der Waals surface area (Å²) in [5.41, 5.74) is 24.7. The van der Waals surface area contributed by atoms with Gasteiger partial charge in [-0.3, -0.25) is 0 Å². The first-order valence-corrected chi connectivity index (χ1v) is 6.83. The van der Waals surface area contributed by atoms with Crippen molar-refractivity contribution in [2.75, 3.05) is 22.9 Å². The number of nitrogens with two attached hydrogens (primary N) is 4. The van der Waals surface area contributed by atoms with Gasteiger partial charge in [0.15, 0.2) is 0 Å². The summed E-state index contributed by atoms with van der Waals surface area (Å²) in [7, 11) is 0. The van der Waals surface area contributed by atoms with Crippen LogP contribution in [0.25, 0.3) is 11.1 Å². The summed E-state index contributed by atoms with van der Waals surface area (Å²) >= 11 is 24.6. The topological polar surface area (TPSA) is 104 Å². The minimum absolute atomic E-state index is 0.107. The predicted octanol–water partition coefficient (Wildman–Crippen LogP) is 4.30. The number of nitrogen functional groups attached to an aromatic ring is 4. The van der Waals surface area contributed by atoms with Crippen LogP contribution in [-0.4, -0.2) is 0 Å². The third-order valence-electron chi connectivity index (χ3n) is 2.88. The van der Waals surface area contributed by atoms with E-state index >= 15 is 0 Å². The van der Waals surface area contributed by atoms with Crippen LogP contribution >= 0.6 is 46.4 Å². The van der Waals surface area contributed by atoms with Gasteiger partial charge in [-0.05, 0) is 6.07 Å². The fraction of sp³-hybridized carbons (Fsp3) is 0. The second-order valence-corrected chi connectivity index (χ2v) is 5.59. The van der Waals surface area contributed by atoms with Gasteiger partial charge < -0.3 is 22.9 Å². The van der Waals surface area contributed by atoms with Gasteiger partial charge >= 0.3 is 0 Å². The van der Waals surface area contributed by atoms with Crippen LogP contribution in [0, 0.1) is 0 Å². The fourth-order valence-corrected chi connectivity index (χ4v) is 2.84. The van der Waals surface area contributed by atoms with Crippen molar-refractivity contribution >= 4 is 69.2 Å². The molecular weight excluding hydrogens is 342 g/mol. The summed E-state index contributed by atoms with van der Waals surface area (Å²) < 4.78 is 0. The van der Waals surface area contributed by atoms with E-state index in [1.54, 1.807) is 12.1 Å². The average molecular weight is 352 g/mol. The average Bonchev–Trinajstić information content (AvgIpc) is 2.43. The molecule has 0 unspecified atom stereocenters. The Morgan fingerprint density at radius 3 is 1.75 bits per heavy atom. The van der Waals surface area contributed by atoms with Crippen LogP contribution in [0.1, 0.15) is 0 Å². The monoisotopic (exact) mass is 350 g/mol. The van der Waals surface area contributed by atoms with E-state index in [2.05, 4.69) is 0 Å². The summed E-state index contributed by atoms with van der Waals surface area (Å²) in [5, 5.41) is 0.626. The molecule has 2 rings (SSSR count). The molecule has 4 nitrogen and oxygen atoms in total. The molecule has 0 fully saturated rings. The molecule has 2 aromatic carbocycles. The first-order valence-electron chi connectivity index (χ1n) is 5.32. The van der Waals surface area contributed by atoms with Crippen molar-refractivity contribution in [3.05, 3.63) is 32.2 Å². The Morgan fingerprint density at radius 2 is 1.15 bits per heavy atom. The van der Waals surface area contributed by atoms with Crippen molar-refractivity contribution in [2.24, 2.45) is 0 Å². The maximum atomic E-state index is 6.20. The molecule has 0 amide bonds. The standard InChI is InChI=1S/C12H10Cl4N4/c13-6-3(1-2-4(17)10(6)18)5-7(14)9(16)12(20)11(19)8(5)15/h1-2H,17-20H2. The van der Waals surface area contributed by atoms with E-state index in [0.717, 1.165) is 0 Å². The predicted molar refractivity (Wildman–Crippen MR) is 89.6 cm³/mol. The second-order valence-electron chi connectivity index (χ2n) is 4.07. The molecule has 2 aromatic rings. The number of benzene rings is 2. The molecule has 0 aromatic heterocycles. The van der Waals surface area contributed by atoms with Crippen molar-refractivity contribution in [3.63, 3.8) is 0 Å². The third-order valence-corrected chi connectivity index (χ3v) is 4.54. The minimum atomic E-state index is 0.107. The summed E-state index contributed by atoms with van der Waals surface area (Å²) in [4.78, 5) is 0. The normalized spacial score (nSPS) is 10.8. The van der Waals surface area contributed by atoms with Crippen LogP contribution in [-0.2, 0) is 0 Å². The zero-order chi connectivity index (χ0) is 15.2. The number of halogens is 4. The number of anilines is 4. The van der Waals surface area contributed by atoms with E-state index in [-0.39, 0.29) is 37.2 Å². The molecule has 8 N–H and O–H groups in total. The Hall–Kier alpha value is -1.20. The van der Waals surface area contributed by atoms with Gasteiger partial charge in [-0.2, -0.15) is 0 Å². The summed E-state index contributed by atoms with van der Waals surface area (Å²) in [6.07, 6.45) is 0. The molecule has 0 saturated carbocycles. The van der Waals surface area contributed by atoms with Crippen LogP contribution in [0.2, 0.25) is 20.1 Å². The molecular formula is C12H10Cl4N4. The lowest BCUT2D eigenvalue weighted by Gasteiger charge is -2.16. The number of rotatable bonds is 1. The Morgan fingerprint density at radius 1 is 0.600 bits per heavy atom. The minimum Gasteiger partial charge on any atom is -0.397 e. The number of hydrogen-bond acceptors (Lipinski definition) is 4. The molecule has 20 heavy (non-hydrogen) atoms. The van der Waals surface area contributed by atoms with E-state index in [1.165, 1.54) is 0 Å². The van der Waals surface area contributed by atoms with Crippen LogP contribution in [0.3, 0.4) is 0 Å². The molecule has 0 aliphatic rings. The highest BCUT2D eigenvalue weighted by atomic mass is 35.5. The molecule has 0 heterocycles. The largest absolute Gasteiger partial charge is 0.397 e. The molecule has 0 atom stereocenters. The SMILES string of the molecule is Nc1ccc(-c2c(Cl)c(N)c(N)c(Cl)c2Cl)c(Cl)c1N. The van der Waals surface area contributed by atoms with Gasteiger partial charge in [0.25, 0.3) is 0 Å². The van der Waals surface area contributed by atoms with E-state index < -0.39 is 0 Å². The Bertz CT molecular complexity index is 686. The van der Waals surface area contributed by atoms with Gasteiger partial charge in [0, 0.05) is 11.1 Å². The number of hydrogen-bond donors (Lipinski definition) is 4. The maximum absolute atomic E-state index is 6.20. The smallest absolute Gasteiger partial charge is 0.0850 e. The van der Waals surface area contributed by atoms with E-state index in [4.69, 9.17) is 69.3 Å². The van der Waals surface area contributed by atoms with E-state index in [9.17, 15) is 0 Å². The van der Waals surface area contributed by atoms with Crippen LogP contribution in [0.5, 0.6) is 0 Å². The van der Waals surface area contributed by atoms with Crippen molar-refractivity contribution in [1.29, 1.82) is 0 Å². The van der Waals surface area contributed by atoms with Gasteiger partial charge in [0.2, 0.25) is 0 Å². The van der Waals surface area contributed by atoms with E-state index in [1.807, 2.05) is 0 Å². The third kappa shape index (κ3) is 2.19. The first kappa shape index (κ1) is 15.2. The van der Waals surface area contributed by atoms with Gasteiger partial charge in [-0.25, -0.2) is 0 Å². The Balaban J connectivity index is 2.87. The molecule has 0 saturated heterocycles. The lowest BCUT2D eigenvalue weighted by Crippen LogP contribution is -2.01. The molecule has 0 spiro atoms. The molecule has 106 valence electrons. The summed E-state index contributed by atoms with van der Waals surface area (Å²) in [6, 6.07) is 3.22. The Kier molecular flexibility index (Phi) is 4.02. The highest BCUT2D eigenvalue weighted by Gasteiger charge is 2.22. The van der Waals surface area contributed by atoms with Gasteiger partial charge in [-0.15, -0.1) is 0 Å². The van der Waals surface area contributed by atoms with Gasteiger partial charge in [0.1, 0.15) is 0 Å². The zero-order valence-corrected chi connectivity index (χ0v) is 13.0. The highest BCUT2D eigenvalue weighted by molar-refractivity contribution is 6.50. The molecule has 0 bridgehead atoms. The molecule has 0 aliphatic heterocycles. The Labute approximate surface area is 135 Å². The molecule has 0 radical (unpaired) electrons. The maximum Gasteiger partial charge on any atom is 0.0850 e. The van der Waals surface area contributed by atoms with Crippen molar-refractivity contribution < 1.29 is 0 Å². The lowest BCUT2D eigenvalue weighted by atomic mass is 10.0. The van der Waals surface area contributed by atoms with Crippen LogP contribution < -0.4 is 22.9 Å². The highest BCUT2D eigenvalue weighted by Crippen LogP contribution is 2.49. The summed E-state index contributed by atoms with van der Waals surface area (Å²) in [5.74, 6) is 0. The van der Waals surface area contributed by atoms with Crippen molar-refractivity contribution in [2.45, 2.75) is 0 Å². The van der Waals surface area contributed by atoms with Crippen LogP contribution in [0.4, 0.5) is 22.7 Å². The lowest BCUT2D eigenvalue weighted by molar-refractivity contribution is 1.59. The van der Waals surface area contributed by atoms with Crippen LogP contribution in [0.15, 0.2) is 12.1 Å². The van der Waals surface area contributed by atoms with E-state index in [0.29, 0.717) is 16.8 Å². The van der Waals surface area contributed by atoms with Crippen molar-refractivity contribution in [3.8, 4) is 11.1 Å². The van der Waals surface area contributed by atoms with Crippen molar-refractivity contribution in [1.82, 2.24) is 0 Å². The van der Waals surface area contributed by atoms with Gasteiger partial charge in [0.05, 0.1) is 42.8 Å². The molecule has 8 heteroatoms. The zero-order valence-electron chi connectivity index (χ0n) is 9.98. The fourth-order valence-electron chi connectivity index (χ4n) is 1.73. The summed E-state index contributed by atoms with van der Waals surface area (Å²) in [6.45, 7) is 0. The second kappa shape index (κ2) is 5.30. The first-order chi connectivity index (χ1) is 9.27. The quantitative estimate of drug-likeness (QED) is 0.454.